The number of alkyl halides is 1. The summed E-state index contributed by atoms with van der Waals surface area (Å²) >= 11 is 0. The Balaban J connectivity index is 1.55. The molecule has 4 N–H and O–H groups in total. The van der Waals surface area contributed by atoms with Crippen molar-refractivity contribution in [2.75, 3.05) is 6.67 Å². The number of aryl methyl sites for hydroxylation is 1. The van der Waals surface area contributed by atoms with E-state index in [9.17, 15) is 28.7 Å². The fourth-order valence-electron chi connectivity index (χ4n) is 8.27. The monoisotopic (exact) mass is 662 g/mol. The minimum absolute atomic E-state index is 0.0601. The van der Waals surface area contributed by atoms with Crippen molar-refractivity contribution < 1.29 is 33.4 Å². The van der Waals surface area contributed by atoms with Crippen molar-refractivity contribution in [3.05, 3.63) is 71.4 Å². The van der Waals surface area contributed by atoms with E-state index in [1.807, 2.05) is 61.5 Å². The molecule has 2 heterocycles. The summed E-state index contributed by atoms with van der Waals surface area (Å²) in [6.07, 6.45) is 1.63. The Labute approximate surface area is 280 Å². The van der Waals surface area contributed by atoms with Gasteiger partial charge in [-0.2, -0.15) is 0 Å². The van der Waals surface area contributed by atoms with Crippen LogP contribution in [0.15, 0.2) is 54.6 Å². The first-order valence-electron chi connectivity index (χ1n) is 16.8. The van der Waals surface area contributed by atoms with Gasteiger partial charge in [-0.3, -0.25) is 9.59 Å². The number of fused-ring (bicyclic) bond motifs is 1. The minimum atomic E-state index is -1.42. The first-order valence-corrected chi connectivity index (χ1v) is 16.8. The van der Waals surface area contributed by atoms with Crippen LogP contribution in [0.4, 0.5) is 9.18 Å². The molecule has 48 heavy (non-hydrogen) atoms. The van der Waals surface area contributed by atoms with Gasteiger partial charge in [-0.25, -0.2) is 14.0 Å². The van der Waals surface area contributed by atoms with Crippen molar-refractivity contribution in [3.63, 3.8) is 0 Å². The van der Waals surface area contributed by atoms with Gasteiger partial charge in [-0.05, 0) is 76.8 Å². The van der Waals surface area contributed by atoms with E-state index < -0.39 is 59.7 Å². The second-order valence-corrected chi connectivity index (χ2v) is 14.2. The molecular weight excluding hydrogens is 615 g/mol. The van der Waals surface area contributed by atoms with E-state index in [0.717, 1.165) is 5.56 Å². The van der Waals surface area contributed by atoms with Gasteiger partial charge in [0.15, 0.2) is 0 Å². The summed E-state index contributed by atoms with van der Waals surface area (Å²) in [6.45, 7) is 6.29. The normalized spacial score (nSPS) is 25.1. The molecule has 1 aliphatic heterocycles. The van der Waals surface area contributed by atoms with Gasteiger partial charge in [-0.1, -0.05) is 55.5 Å². The number of aromatic carboxylic acids is 1. The molecule has 1 aromatic heterocycles. The molecule has 4 atom stereocenters. The van der Waals surface area contributed by atoms with Crippen LogP contribution in [0.1, 0.15) is 99.8 Å². The van der Waals surface area contributed by atoms with Crippen molar-refractivity contribution in [1.29, 1.82) is 0 Å². The Hall–Kier alpha value is -4.41. The predicted octanol–water partition coefficient (Wildman–Crippen LogP) is 6.24. The summed E-state index contributed by atoms with van der Waals surface area (Å²) in [5.41, 5.74) is 6.25. The number of nitrogens with zero attached hydrogens (tertiary/aromatic N) is 2. The number of likely N-dealkylation sites (tertiary alicyclic amines) is 1. The molecule has 0 bridgehead atoms. The number of ether oxygens (including phenoxy) is 1. The van der Waals surface area contributed by atoms with E-state index in [1.54, 1.807) is 37.3 Å². The summed E-state index contributed by atoms with van der Waals surface area (Å²) in [5.74, 6) is -3.23. The van der Waals surface area contributed by atoms with Gasteiger partial charge >= 0.3 is 12.1 Å². The molecule has 0 radical (unpaired) electrons. The van der Waals surface area contributed by atoms with Crippen LogP contribution >= 0.6 is 0 Å². The van der Waals surface area contributed by atoms with Gasteiger partial charge < -0.3 is 30.4 Å². The number of halogens is 1. The maximum atomic E-state index is 14.9. The Bertz CT molecular complexity index is 1680. The zero-order valence-electron chi connectivity index (χ0n) is 28.4. The molecule has 2 aromatic carbocycles. The van der Waals surface area contributed by atoms with E-state index in [4.69, 9.17) is 10.5 Å². The van der Waals surface area contributed by atoms with Gasteiger partial charge in [0, 0.05) is 35.3 Å². The summed E-state index contributed by atoms with van der Waals surface area (Å²) in [6, 6.07) is 15.3. The number of amides is 3. The number of carboxylic acid groups (broad SMARTS) is 1. The van der Waals surface area contributed by atoms with Gasteiger partial charge in [0.1, 0.15) is 23.5 Å². The highest BCUT2D eigenvalue weighted by Gasteiger charge is 2.60. The number of carboxylic acids is 1. The molecule has 2 aliphatic rings. The molecule has 0 spiro atoms. The SMILES string of the molecule is CC[C@@]1(C(N)=O)[C@@H](c2ccccc2)CC(c2c(C(=O)O)n(C)c3ccccc23)N1C(=O)[C@H]1CC[C@H](C(CF)NC(=O)OC(C)(C)C)CC1. The van der Waals surface area contributed by atoms with Gasteiger partial charge in [0.2, 0.25) is 11.8 Å². The number of primary amides is 1. The smallest absolute Gasteiger partial charge is 0.407 e. The highest BCUT2D eigenvalue weighted by atomic mass is 19.1. The predicted molar refractivity (Wildman–Crippen MR) is 180 cm³/mol. The third-order valence-corrected chi connectivity index (χ3v) is 10.4. The highest BCUT2D eigenvalue weighted by Crippen LogP contribution is 2.56. The molecule has 1 saturated carbocycles. The number of carbonyl (C=O) groups excluding carboxylic acids is 3. The molecule has 3 amide bonds. The van der Waals surface area contributed by atoms with Crippen LogP contribution in [0, 0.1) is 11.8 Å². The first kappa shape index (κ1) is 34.9. The average molecular weight is 663 g/mol. The fraction of sp³-hybridized carbons (Fsp3) is 0.514. The minimum Gasteiger partial charge on any atom is -0.477 e. The fourth-order valence-corrected chi connectivity index (χ4v) is 8.27. The van der Waals surface area contributed by atoms with Crippen LogP contribution in [0.2, 0.25) is 0 Å². The number of nitrogens with one attached hydrogen (secondary N) is 1. The average Bonchev–Trinajstić information content (AvgIpc) is 3.56. The lowest BCUT2D eigenvalue weighted by Crippen LogP contribution is -2.60. The van der Waals surface area contributed by atoms with Crippen LogP contribution in [0.5, 0.6) is 0 Å². The van der Waals surface area contributed by atoms with Crippen LogP contribution in [-0.4, -0.2) is 62.3 Å². The Morgan fingerprint density at radius 1 is 1.04 bits per heavy atom. The van der Waals surface area contributed by atoms with Crippen molar-refractivity contribution in [2.24, 2.45) is 24.6 Å². The number of hydrogen-bond donors (Lipinski definition) is 3. The number of hydrogen-bond acceptors (Lipinski definition) is 5. The van der Waals surface area contributed by atoms with Crippen molar-refractivity contribution in [3.8, 4) is 0 Å². The molecule has 2 fully saturated rings. The second kappa shape index (κ2) is 13.6. The quantitative estimate of drug-likeness (QED) is 0.248. The zero-order chi connectivity index (χ0) is 35.0. The van der Waals surface area contributed by atoms with E-state index in [1.165, 1.54) is 0 Å². The third kappa shape index (κ3) is 6.26. The lowest BCUT2D eigenvalue weighted by Gasteiger charge is -2.44. The van der Waals surface area contributed by atoms with Crippen molar-refractivity contribution in [1.82, 2.24) is 14.8 Å². The Morgan fingerprint density at radius 3 is 2.23 bits per heavy atom. The van der Waals surface area contributed by atoms with Crippen molar-refractivity contribution in [2.45, 2.75) is 95.4 Å². The maximum absolute atomic E-state index is 14.9. The number of aromatic nitrogens is 1. The van der Waals surface area contributed by atoms with Gasteiger partial charge in [0.25, 0.3) is 0 Å². The number of alkyl carbamates (subject to hydrolysis) is 1. The summed E-state index contributed by atoms with van der Waals surface area (Å²) in [5, 5.41) is 13.9. The second-order valence-electron chi connectivity index (χ2n) is 14.2. The molecule has 258 valence electrons. The first-order chi connectivity index (χ1) is 22.7. The molecule has 1 aliphatic carbocycles. The third-order valence-electron chi connectivity index (χ3n) is 10.4. The Kier molecular flexibility index (Phi) is 9.89. The highest BCUT2D eigenvalue weighted by molar-refractivity contribution is 6.00. The molecule has 11 heteroatoms. The van der Waals surface area contributed by atoms with E-state index in [0.29, 0.717) is 48.6 Å². The summed E-state index contributed by atoms with van der Waals surface area (Å²) in [4.78, 5) is 55.6. The number of benzene rings is 2. The van der Waals surface area contributed by atoms with Gasteiger partial charge in [0.05, 0.1) is 12.1 Å². The largest absolute Gasteiger partial charge is 0.477 e. The topological polar surface area (TPSA) is 144 Å². The van der Waals surface area contributed by atoms with Crippen LogP contribution in [0.25, 0.3) is 10.9 Å². The number of nitrogens with two attached hydrogens (primary N) is 1. The van der Waals surface area contributed by atoms with E-state index in [2.05, 4.69) is 5.32 Å². The molecule has 5 rings (SSSR count). The molecule has 3 aromatic rings. The molecule has 1 saturated heterocycles. The lowest BCUT2D eigenvalue weighted by molar-refractivity contribution is -0.151. The Morgan fingerprint density at radius 2 is 1.67 bits per heavy atom. The van der Waals surface area contributed by atoms with Crippen LogP contribution in [0.3, 0.4) is 0 Å². The molecule has 10 nitrogen and oxygen atoms in total. The standard InChI is InChI=1S/C37H47FN4O6/c1-6-37(34(39)46)26(22-12-8-7-9-13-22)20-29(30-25-14-10-11-15-28(25)41(5)31(30)33(44)45)42(37)32(43)24-18-16-23(17-19-24)27(21-38)40-35(47)48-36(2,3)4/h7-15,23-24,26-27,29H,6,16-21H2,1-5H3,(H2,39,46)(H,40,47)(H,44,45)/t23-,24-,26-,27?,29?,37+/m1/s1. The summed E-state index contributed by atoms with van der Waals surface area (Å²) < 4.78 is 21.2. The summed E-state index contributed by atoms with van der Waals surface area (Å²) in [7, 11) is 1.69. The lowest BCUT2D eigenvalue weighted by atomic mass is 9.75. The number of carbonyl (C=O) groups is 4. The van der Waals surface area contributed by atoms with E-state index in [-0.39, 0.29) is 23.9 Å². The maximum Gasteiger partial charge on any atom is 0.407 e. The number of para-hydroxylation sites is 1. The molecular formula is C37H47FN4O6. The van der Waals surface area contributed by atoms with E-state index >= 15 is 0 Å². The van der Waals surface area contributed by atoms with Gasteiger partial charge in [-0.15, -0.1) is 0 Å². The number of rotatable bonds is 9. The molecule has 2 unspecified atom stereocenters. The van der Waals surface area contributed by atoms with Crippen LogP contribution in [-0.2, 0) is 21.4 Å². The van der Waals surface area contributed by atoms with Crippen molar-refractivity contribution >= 4 is 34.8 Å². The zero-order valence-corrected chi connectivity index (χ0v) is 28.4. The van der Waals surface area contributed by atoms with Crippen LogP contribution < -0.4 is 11.1 Å².